The van der Waals surface area contributed by atoms with Crippen LogP contribution in [0.1, 0.15) is 19.8 Å². The average molecular weight is 342 g/mol. The van der Waals surface area contributed by atoms with Crippen LogP contribution in [-0.2, 0) is 4.79 Å². The van der Waals surface area contributed by atoms with Crippen molar-refractivity contribution < 1.29 is 9.32 Å². The molecule has 6 heteroatoms. The second-order valence-electron chi connectivity index (χ2n) is 5.31. The second-order valence-corrected chi connectivity index (χ2v) is 5.74. The summed E-state index contributed by atoms with van der Waals surface area (Å²) in [5, 5.41) is 7.48. The van der Waals surface area contributed by atoms with Gasteiger partial charge in [-0.3, -0.25) is 4.79 Å². The molecule has 1 amide bonds. The number of nitrogens with zero attached hydrogens (tertiary/aromatic N) is 2. The maximum absolute atomic E-state index is 11.6. The molecule has 1 N–H and O–H groups in total. The molecule has 0 unspecified atom stereocenters. The minimum Gasteiger partial charge on any atom is -0.334 e. The van der Waals surface area contributed by atoms with Crippen molar-refractivity contribution in [3.05, 3.63) is 53.6 Å². The van der Waals surface area contributed by atoms with Gasteiger partial charge in [0.25, 0.3) is 5.89 Å². The van der Waals surface area contributed by atoms with E-state index in [1.807, 2.05) is 43.3 Å². The summed E-state index contributed by atoms with van der Waals surface area (Å²) >= 11 is 5.88. The summed E-state index contributed by atoms with van der Waals surface area (Å²) < 4.78 is 5.31. The van der Waals surface area contributed by atoms with Crippen LogP contribution in [0.3, 0.4) is 0 Å². The molecule has 0 aliphatic carbocycles. The Morgan fingerprint density at radius 2 is 1.75 bits per heavy atom. The summed E-state index contributed by atoms with van der Waals surface area (Å²) in [4.78, 5) is 16.0. The maximum Gasteiger partial charge on any atom is 0.258 e. The zero-order valence-electron chi connectivity index (χ0n) is 13.1. The predicted molar refractivity (Wildman–Crippen MR) is 93.7 cm³/mol. The Balaban J connectivity index is 1.75. The number of hydrogen-bond donors (Lipinski definition) is 1. The topological polar surface area (TPSA) is 68.0 Å². The lowest BCUT2D eigenvalue weighted by Crippen LogP contribution is -2.10. The molecule has 0 aliphatic heterocycles. The van der Waals surface area contributed by atoms with Crippen LogP contribution >= 0.6 is 11.6 Å². The van der Waals surface area contributed by atoms with Gasteiger partial charge in [-0.1, -0.05) is 23.7 Å². The predicted octanol–water partition coefficient (Wildman–Crippen LogP) is 4.80. The van der Waals surface area contributed by atoms with Gasteiger partial charge in [0.2, 0.25) is 11.7 Å². The van der Waals surface area contributed by atoms with Crippen LogP contribution in [0.5, 0.6) is 0 Å². The van der Waals surface area contributed by atoms with Gasteiger partial charge < -0.3 is 9.84 Å². The van der Waals surface area contributed by atoms with Gasteiger partial charge in [-0.2, -0.15) is 4.98 Å². The lowest BCUT2D eigenvalue weighted by atomic mass is 10.2. The fourth-order valence-corrected chi connectivity index (χ4v) is 2.33. The van der Waals surface area contributed by atoms with Crippen LogP contribution < -0.4 is 5.32 Å². The molecule has 5 nitrogen and oxygen atoms in total. The minimum absolute atomic E-state index is 0.00747. The fourth-order valence-electron chi connectivity index (χ4n) is 2.20. The number of rotatable bonds is 5. The van der Waals surface area contributed by atoms with Crippen molar-refractivity contribution in [2.45, 2.75) is 19.8 Å². The highest BCUT2D eigenvalue weighted by atomic mass is 35.5. The zero-order valence-corrected chi connectivity index (χ0v) is 13.9. The first-order valence-electron chi connectivity index (χ1n) is 7.65. The molecule has 0 aliphatic rings. The molecule has 0 saturated heterocycles. The number of halogens is 1. The third-order valence-electron chi connectivity index (χ3n) is 3.42. The molecule has 1 heterocycles. The Hall–Kier alpha value is -2.66. The molecule has 0 atom stereocenters. The normalized spacial score (nSPS) is 10.6. The van der Waals surface area contributed by atoms with Gasteiger partial charge in [0.15, 0.2) is 0 Å². The summed E-state index contributed by atoms with van der Waals surface area (Å²) in [6.07, 6.45) is 1.33. The van der Waals surface area contributed by atoms with Crippen molar-refractivity contribution in [1.29, 1.82) is 0 Å². The summed E-state index contributed by atoms with van der Waals surface area (Å²) in [7, 11) is 0. The molecule has 0 saturated carbocycles. The fraction of sp³-hybridized carbons (Fsp3) is 0.167. The first kappa shape index (κ1) is 16.2. The van der Waals surface area contributed by atoms with Gasteiger partial charge in [-0.25, -0.2) is 0 Å². The van der Waals surface area contributed by atoms with Crippen LogP contribution in [0.2, 0.25) is 5.02 Å². The van der Waals surface area contributed by atoms with Crippen LogP contribution in [0, 0.1) is 0 Å². The standard InChI is InChI=1S/C18H16ClN3O2/c1-2-3-16(23)20-15-10-6-13(7-11-15)18-21-17(22-24-18)12-4-8-14(19)9-5-12/h4-11H,2-3H2,1H3,(H,20,23). The lowest BCUT2D eigenvalue weighted by molar-refractivity contribution is -0.116. The van der Waals surface area contributed by atoms with Gasteiger partial charge in [-0.15, -0.1) is 0 Å². The summed E-state index contributed by atoms with van der Waals surface area (Å²) in [5.41, 5.74) is 2.36. The molecular weight excluding hydrogens is 326 g/mol. The highest BCUT2D eigenvalue weighted by molar-refractivity contribution is 6.30. The molecule has 0 bridgehead atoms. The quantitative estimate of drug-likeness (QED) is 0.724. The van der Waals surface area contributed by atoms with Crippen molar-refractivity contribution in [2.75, 3.05) is 5.32 Å². The van der Waals surface area contributed by atoms with Crippen molar-refractivity contribution in [1.82, 2.24) is 10.1 Å². The monoisotopic (exact) mass is 341 g/mol. The van der Waals surface area contributed by atoms with Gasteiger partial charge in [-0.05, 0) is 55.0 Å². The van der Waals surface area contributed by atoms with Crippen LogP contribution in [-0.4, -0.2) is 16.0 Å². The number of hydrogen-bond acceptors (Lipinski definition) is 4. The minimum atomic E-state index is 0.00747. The molecule has 0 radical (unpaired) electrons. The van der Waals surface area contributed by atoms with E-state index in [0.29, 0.717) is 23.2 Å². The van der Waals surface area contributed by atoms with E-state index < -0.39 is 0 Å². The number of aromatic nitrogens is 2. The van der Waals surface area contributed by atoms with Crippen LogP contribution in [0.15, 0.2) is 53.1 Å². The second kappa shape index (κ2) is 7.27. The Kier molecular flexibility index (Phi) is 4.91. The van der Waals surface area contributed by atoms with E-state index in [4.69, 9.17) is 16.1 Å². The Labute approximate surface area is 144 Å². The van der Waals surface area contributed by atoms with Gasteiger partial charge in [0.1, 0.15) is 0 Å². The van der Waals surface area contributed by atoms with E-state index in [0.717, 1.165) is 23.2 Å². The lowest BCUT2D eigenvalue weighted by Gasteiger charge is -2.04. The Morgan fingerprint density at radius 1 is 1.08 bits per heavy atom. The smallest absolute Gasteiger partial charge is 0.258 e. The van der Waals surface area contributed by atoms with Crippen molar-refractivity contribution >= 4 is 23.2 Å². The van der Waals surface area contributed by atoms with Gasteiger partial charge in [0, 0.05) is 28.3 Å². The highest BCUT2D eigenvalue weighted by Crippen LogP contribution is 2.24. The average Bonchev–Trinajstić information content (AvgIpc) is 3.06. The first-order chi connectivity index (χ1) is 11.7. The Bertz CT molecular complexity index is 826. The number of carbonyl (C=O) groups excluding carboxylic acids is 1. The molecule has 3 aromatic rings. The maximum atomic E-state index is 11.6. The van der Waals surface area contributed by atoms with E-state index in [1.165, 1.54) is 0 Å². The SMILES string of the molecule is CCCC(=O)Nc1ccc(-c2nc(-c3ccc(Cl)cc3)no2)cc1. The third-order valence-corrected chi connectivity index (χ3v) is 3.67. The Morgan fingerprint density at radius 3 is 2.42 bits per heavy atom. The molecule has 1 aromatic heterocycles. The number of carbonyl (C=O) groups is 1. The van der Waals surface area contributed by atoms with E-state index in [2.05, 4.69) is 15.5 Å². The molecule has 2 aromatic carbocycles. The molecule has 0 fully saturated rings. The van der Waals surface area contributed by atoms with Gasteiger partial charge in [0.05, 0.1) is 0 Å². The van der Waals surface area contributed by atoms with Gasteiger partial charge >= 0.3 is 0 Å². The molecular formula is C18H16ClN3O2. The molecule has 24 heavy (non-hydrogen) atoms. The van der Waals surface area contributed by atoms with Crippen LogP contribution in [0.4, 0.5) is 5.69 Å². The largest absolute Gasteiger partial charge is 0.334 e. The van der Waals surface area contributed by atoms with Crippen LogP contribution in [0.25, 0.3) is 22.8 Å². The molecule has 122 valence electrons. The van der Waals surface area contributed by atoms with E-state index in [-0.39, 0.29) is 5.91 Å². The first-order valence-corrected chi connectivity index (χ1v) is 8.03. The van der Waals surface area contributed by atoms with E-state index in [1.54, 1.807) is 12.1 Å². The summed E-state index contributed by atoms with van der Waals surface area (Å²) in [6, 6.07) is 14.5. The van der Waals surface area contributed by atoms with Crippen molar-refractivity contribution in [3.63, 3.8) is 0 Å². The highest BCUT2D eigenvalue weighted by Gasteiger charge is 2.11. The zero-order chi connectivity index (χ0) is 16.9. The van der Waals surface area contributed by atoms with E-state index in [9.17, 15) is 4.79 Å². The van der Waals surface area contributed by atoms with E-state index >= 15 is 0 Å². The summed E-state index contributed by atoms with van der Waals surface area (Å²) in [6.45, 7) is 1.97. The number of amides is 1. The molecule has 0 spiro atoms. The van der Waals surface area contributed by atoms with Crippen molar-refractivity contribution in [2.24, 2.45) is 0 Å². The summed E-state index contributed by atoms with van der Waals surface area (Å²) in [5.74, 6) is 0.932. The van der Waals surface area contributed by atoms with Crippen molar-refractivity contribution in [3.8, 4) is 22.8 Å². The number of benzene rings is 2. The molecule has 3 rings (SSSR count). The number of anilines is 1. The number of nitrogens with one attached hydrogen (secondary N) is 1. The third kappa shape index (κ3) is 3.81.